The van der Waals surface area contributed by atoms with Crippen molar-refractivity contribution in [2.45, 2.75) is 32.8 Å². The van der Waals surface area contributed by atoms with Crippen LogP contribution >= 0.6 is 0 Å². The quantitative estimate of drug-likeness (QED) is 0.911. The van der Waals surface area contributed by atoms with Crippen LogP contribution in [0.3, 0.4) is 0 Å². The van der Waals surface area contributed by atoms with Crippen LogP contribution in [0.5, 0.6) is 5.75 Å². The van der Waals surface area contributed by atoms with Gasteiger partial charge in [-0.2, -0.15) is 0 Å². The number of aryl methyl sites for hydroxylation is 2. The Kier molecular flexibility index (Phi) is 4.97. The van der Waals surface area contributed by atoms with Gasteiger partial charge in [0, 0.05) is 6.42 Å². The lowest BCUT2D eigenvalue weighted by atomic mass is 9.98. The highest BCUT2D eigenvalue weighted by Gasteiger charge is 2.13. The standard InChI is InChI=1S/C18H21FO2/c1-12-7-8-14(9-13(12)2)10-16(20)11-15-5-4-6-17(21-3)18(15)19/h4-9,16,20H,10-11H2,1-3H3. The normalized spacial score (nSPS) is 12.2. The maximum Gasteiger partial charge on any atom is 0.168 e. The smallest absolute Gasteiger partial charge is 0.168 e. The fourth-order valence-corrected chi connectivity index (χ4v) is 2.40. The number of hydrogen-bond donors (Lipinski definition) is 1. The zero-order chi connectivity index (χ0) is 15.4. The van der Waals surface area contributed by atoms with Gasteiger partial charge in [-0.1, -0.05) is 30.3 Å². The van der Waals surface area contributed by atoms with Gasteiger partial charge in [-0.05, 0) is 48.6 Å². The van der Waals surface area contributed by atoms with Gasteiger partial charge in [0.25, 0.3) is 0 Å². The minimum atomic E-state index is -0.617. The van der Waals surface area contributed by atoms with Gasteiger partial charge >= 0.3 is 0 Å². The molecule has 0 saturated carbocycles. The van der Waals surface area contributed by atoms with E-state index in [0.29, 0.717) is 12.0 Å². The van der Waals surface area contributed by atoms with E-state index in [1.165, 1.54) is 18.2 Å². The molecule has 0 radical (unpaired) electrons. The molecule has 0 fully saturated rings. The number of benzene rings is 2. The lowest BCUT2D eigenvalue weighted by Crippen LogP contribution is -2.15. The molecule has 1 atom stereocenters. The van der Waals surface area contributed by atoms with Crippen molar-refractivity contribution in [3.8, 4) is 5.75 Å². The molecule has 21 heavy (non-hydrogen) atoms. The highest BCUT2D eigenvalue weighted by molar-refractivity contribution is 5.33. The van der Waals surface area contributed by atoms with E-state index in [2.05, 4.69) is 13.0 Å². The molecular formula is C18H21FO2. The van der Waals surface area contributed by atoms with E-state index < -0.39 is 6.10 Å². The Morgan fingerprint density at radius 2 is 1.86 bits per heavy atom. The Hall–Kier alpha value is -1.87. The molecule has 3 heteroatoms. The third-order valence-corrected chi connectivity index (χ3v) is 3.76. The van der Waals surface area contributed by atoms with Crippen LogP contribution in [-0.4, -0.2) is 18.3 Å². The zero-order valence-electron chi connectivity index (χ0n) is 12.7. The molecule has 2 nitrogen and oxygen atoms in total. The summed E-state index contributed by atoms with van der Waals surface area (Å²) in [4.78, 5) is 0. The summed E-state index contributed by atoms with van der Waals surface area (Å²) in [5.41, 5.74) is 3.97. The summed E-state index contributed by atoms with van der Waals surface area (Å²) in [5, 5.41) is 10.2. The number of aliphatic hydroxyl groups excluding tert-OH is 1. The van der Waals surface area contributed by atoms with Crippen molar-refractivity contribution in [2.24, 2.45) is 0 Å². The molecular weight excluding hydrogens is 267 g/mol. The molecule has 2 aromatic rings. The number of ether oxygens (including phenoxy) is 1. The van der Waals surface area contributed by atoms with E-state index in [0.717, 1.165) is 5.56 Å². The molecule has 0 aromatic heterocycles. The maximum absolute atomic E-state index is 14.1. The predicted molar refractivity (Wildman–Crippen MR) is 82.3 cm³/mol. The van der Waals surface area contributed by atoms with Gasteiger partial charge in [0.15, 0.2) is 11.6 Å². The zero-order valence-corrected chi connectivity index (χ0v) is 12.7. The van der Waals surface area contributed by atoms with Crippen molar-refractivity contribution < 1.29 is 14.2 Å². The topological polar surface area (TPSA) is 29.5 Å². The lowest BCUT2D eigenvalue weighted by molar-refractivity contribution is 0.174. The van der Waals surface area contributed by atoms with Crippen molar-refractivity contribution in [1.82, 2.24) is 0 Å². The summed E-state index contributed by atoms with van der Waals surface area (Å²) in [6.45, 7) is 4.11. The molecule has 0 aliphatic carbocycles. The number of halogens is 1. The van der Waals surface area contributed by atoms with Crippen LogP contribution in [0, 0.1) is 19.7 Å². The number of hydrogen-bond acceptors (Lipinski definition) is 2. The second-order valence-corrected chi connectivity index (χ2v) is 5.41. The third-order valence-electron chi connectivity index (χ3n) is 3.76. The first-order valence-corrected chi connectivity index (χ1v) is 7.07. The van der Waals surface area contributed by atoms with E-state index in [-0.39, 0.29) is 18.0 Å². The minimum absolute atomic E-state index is 0.214. The van der Waals surface area contributed by atoms with Gasteiger partial charge in [0.1, 0.15) is 0 Å². The third kappa shape index (κ3) is 3.82. The average molecular weight is 288 g/mol. The summed E-state index contributed by atoms with van der Waals surface area (Å²) < 4.78 is 19.0. The van der Waals surface area contributed by atoms with Crippen LogP contribution < -0.4 is 4.74 Å². The SMILES string of the molecule is COc1cccc(CC(O)Cc2ccc(C)c(C)c2)c1F. The molecule has 0 heterocycles. The summed E-state index contributed by atoms with van der Waals surface area (Å²) in [5.74, 6) is -0.176. The number of methoxy groups -OCH3 is 1. The summed E-state index contributed by atoms with van der Waals surface area (Å²) in [6, 6.07) is 11.1. The first kappa shape index (κ1) is 15.5. The second kappa shape index (κ2) is 6.72. The van der Waals surface area contributed by atoms with E-state index in [4.69, 9.17) is 4.74 Å². The second-order valence-electron chi connectivity index (χ2n) is 5.41. The van der Waals surface area contributed by atoms with Gasteiger partial charge < -0.3 is 9.84 Å². The van der Waals surface area contributed by atoms with Crippen LogP contribution in [0.15, 0.2) is 36.4 Å². The van der Waals surface area contributed by atoms with Crippen LogP contribution in [-0.2, 0) is 12.8 Å². The van der Waals surface area contributed by atoms with Crippen molar-refractivity contribution >= 4 is 0 Å². The Balaban J connectivity index is 2.08. The lowest BCUT2D eigenvalue weighted by Gasteiger charge is -2.13. The van der Waals surface area contributed by atoms with Crippen LogP contribution in [0.2, 0.25) is 0 Å². The van der Waals surface area contributed by atoms with Crippen molar-refractivity contribution in [2.75, 3.05) is 7.11 Å². The van der Waals surface area contributed by atoms with Gasteiger partial charge in [-0.3, -0.25) is 0 Å². The Bertz CT molecular complexity index is 623. The Morgan fingerprint density at radius 1 is 1.10 bits per heavy atom. The Morgan fingerprint density at radius 3 is 2.52 bits per heavy atom. The number of aliphatic hydroxyl groups is 1. The molecule has 112 valence electrons. The monoisotopic (exact) mass is 288 g/mol. The van der Waals surface area contributed by atoms with Gasteiger partial charge in [-0.25, -0.2) is 4.39 Å². The van der Waals surface area contributed by atoms with Crippen molar-refractivity contribution in [3.05, 3.63) is 64.5 Å². The van der Waals surface area contributed by atoms with Gasteiger partial charge in [0.05, 0.1) is 13.2 Å². The van der Waals surface area contributed by atoms with Gasteiger partial charge in [0.2, 0.25) is 0 Å². The van der Waals surface area contributed by atoms with E-state index in [1.807, 2.05) is 19.1 Å². The highest BCUT2D eigenvalue weighted by atomic mass is 19.1. The van der Waals surface area contributed by atoms with Crippen molar-refractivity contribution in [3.63, 3.8) is 0 Å². The molecule has 0 bridgehead atoms. The molecule has 0 aliphatic rings. The van der Waals surface area contributed by atoms with E-state index >= 15 is 0 Å². The summed E-state index contributed by atoms with van der Waals surface area (Å²) in [7, 11) is 1.44. The highest BCUT2D eigenvalue weighted by Crippen LogP contribution is 2.22. The maximum atomic E-state index is 14.1. The average Bonchev–Trinajstić information content (AvgIpc) is 2.45. The fourth-order valence-electron chi connectivity index (χ4n) is 2.40. The van der Waals surface area contributed by atoms with Crippen LogP contribution in [0.25, 0.3) is 0 Å². The predicted octanol–water partition coefficient (Wildman–Crippen LogP) is 3.60. The fraction of sp³-hybridized carbons (Fsp3) is 0.333. The molecule has 0 aliphatic heterocycles. The first-order chi connectivity index (χ1) is 10.0. The molecule has 2 rings (SSSR count). The Labute approximate surface area is 125 Å². The largest absolute Gasteiger partial charge is 0.494 e. The summed E-state index contributed by atoms with van der Waals surface area (Å²) >= 11 is 0. The van der Waals surface area contributed by atoms with Crippen LogP contribution in [0.1, 0.15) is 22.3 Å². The van der Waals surface area contributed by atoms with E-state index in [1.54, 1.807) is 18.2 Å². The van der Waals surface area contributed by atoms with Gasteiger partial charge in [-0.15, -0.1) is 0 Å². The molecule has 0 amide bonds. The van der Waals surface area contributed by atoms with Crippen LogP contribution in [0.4, 0.5) is 4.39 Å². The molecule has 0 saturated heterocycles. The summed E-state index contributed by atoms with van der Waals surface area (Å²) in [6.07, 6.45) is 0.169. The van der Waals surface area contributed by atoms with E-state index in [9.17, 15) is 9.50 Å². The van der Waals surface area contributed by atoms with Crippen molar-refractivity contribution in [1.29, 1.82) is 0 Å². The molecule has 1 unspecified atom stereocenters. The molecule has 1 N–H and O–H groups in total. The molecule has 0 spiro atoms. The minimum Gasteiger partial charge on any atom is -0.494 e. The first-order valence-electron chi connectivity index (χ1n) is 7.07. The molecule has 2 aromatic carbocycles. The number of rotatable bonds is 5.